The number of aryl methyl sites for hydroxylation is 2. The van der Waals surface area contributed by atoms with Crippen LogP contribution >= 0.6 is 0 Å². The van der Waals surface area contributed by atoms with Gasteiger partial charge in [0.15, 0.2) is 0 Å². The molecule has 0 saturated heterocycles. The number of nitrogens with zero attached hydrogens (tertiary/aromatic N) is 3. The normalized spacial score (nSPS) is 11.5. The van der Waals surface area contributed by atoms with E-state index in [0.717, 1.165) is 24.4 Å². The Morgan fingerprint density at radius 1 is 1.29 bits per heavy atom. The van der Waals surface area contributed by atoms with Crippen LogP contribution in [0, 0.1) is 0 Å². The van der Waals surface area contributed by atoms with Gasteiger partial charge >= 0.3 is 0 Å². The maximum atomic E-state index is 12.5. The first kappa shape index (κ1) is 18.2. The molecule has 0 bridgehead atoms. The van der Waals surface area contributed by atoms with Gasteiger partial charge in [0.05, 0.1) is 12.1 Å². The summed E-state index contributed by atoms with van der Waals surface area (Å²) in [4.78, 5) is 18.5. The van der Waals surface area contributed by atoms with Gasteiger partial charge in [-0.3, -0.25) is 4.79 Å². The molecule has 130 valence electrons. The van der Waals surface area contributed by atoms with Crippen molar-refractivity contribution in [1.29, 1.82) is 0 Å². The van der Waals surface area contributed by atoms with E-state index < -0.39 is 5.60 Å². The van der Waals surface area contributed by atoms with Crippen molar-refractivity contribution < 1.29 is 9.90 Å². The van der Waals surface area contributed by atoms with Crippen LogP contribution in [-0.2, 0) is 19.5 Å². The molecule has 1 heterocycles. The van der Waals surface area contributed by atoms with E-state index in [2.05, 4.69) is 11.9 Å². The van der Waals surface area contributed by atoms with Crippen molar-refractivity contribution in [3.8, 4) is 0 Å². The average Bonchev–Trinajstić information content (AvgIpc) is 2.99. The Bertz CT molecular complexity index is 669. The zero-order valence-corrected chi connectivity index (χ0v) is 15.0. The molecule has 0 fully saturated rings. The molecule has 2 rings (SSSR count). The number of hydrogen-bond acceptors (Lipinski definition) is 3. The van der Waals surface area contributed by atoms with Gasteiger partial charge in [0, 0.05) is 31.5 Å². The summed E-state index contributed by atoms with van der Waals surface area (Å²) < 4.78 is 2.03. The predicted octanol–water partition coefficient (Wildman–Crippen LogP) is 2.88. The van der Waals surface area contributed by atoms with E-state index in [1.54, 1.807) is 32.0 Å². The highest BCUT2D eigenvalue weighted by Gasteiger charge is 2.15. The van der Waals surface area contributed by atoms with Gasteiger partial charge in [0.2, 0.25) is 0 Å². The van der Waals surface area contributed by atoms with E-state index in [1.165, 1.54) is 0 Å². The van der Waals surface area contributed by atoms with E-state index in [0.29, 0.717) is 18.5 Å². The molecule has 0 aliphatic carbocycles. The van der Waals surface area contributed by atoms with Gasteiger partial charge in [-0.05, 0) is 51.3 Å². The number of hydrogen-bond donors (Lipinski definition) is 1. The van der Waals surface area contributed by atoms with Crippen molar-refractivity contribution in [1.82, 2.24) is 14.5 Å². The van der Waals surface area contributed by atoms with Crippen LogP contribution < -0.4 is 0 Å². The number of carbonyl (C=O) groups is 1. The molecular weight excluding hydrogens is 302 g/mol. The first-order valence-corrected chi connectivity index (χ1v) is 8.37. The van der Waals surface area contributed by atoms with E-state index in [-0.39, 0.29) is 5.91 Å². The fourth-order valence-corrected chi connectivity index (χ4v) is 2.55. The number of amides is 1. The van der Waals surface area contributed by atoms with Gasteiger partial charge in [-0.15, -0.1) is 0 Å². The molecule has 0 spiro atoms. The molecule has 2 aromatic rings. The van der Waals surface area contributed by atoms with Crippen LogP contribution in [0.2, 0.25) is 0 Å². The number of imidazole rings is 1. The number of carbonyl (C=O) groups excluding carboxylic acids is 1. The lowest BCUT2D eigenvalue weighted by molar-refractivity contribution is 0.0712. The molecule has 1 aromatic heterocycles. The van der Waals surface area contributed by atoms with Crippen LogP contribution in [0.15, 0.2) is 36.7 Å². The molecule has 0 aliphatic heterocycles. The molecule has 0 radical (unpaired) electrons. The Balaban J connectivity index is 1.99. The fraction of sp³-hybridized carbons (Fsp3) is 0.474. The number of benzene rings is 1. The Morgan fingerprint density at radius 3 is 2.54 bits per heavy atom. The lowest BCUT2D eigenvalue weighted by Gasteiger charge is -2.18. The Morgan fingerprint density at radius 2 is 1.96 bits per heavy atom. The van der Waals surface area contributed by atoms with Crippen LogP contribution in [0.4, 0.5) is 0 Å². The molecule has 1 N–H and O–H groups in total. The maximum Gasteiger partial charge on any atom is 0.254 e. The summed E-state index contributed by atoms with van der Waals surface area (Å²) in [7, 11) is 1.79. The molecule has 0 unspecified atom stereocenters. The molecule has 5 heteroatoms. The smallest absolute Gasteiger partial charge is 0.254 e. The average molecular weight is 329 g/mol. The van der Waals surface area contributed by atoms with Crippen molar-refractivity contribution in [3.63, 3.8) is 0 Å². The first-order chi connectivity index (χ1) is 11.3. The third-order valence-electron chi connectivity index (χ3n) is 4.09. The lowest BCUT2D eigenvalue weighted by Crippen LogP contribution is -2.27. The largest absolute Gasteiger partial charge is 0.390 e. The van der Waals surface area contributed by atoms with Crippen LogP contribution in [0.1, 0.15) is 48.9 Å². The second-order valence-electron chi connectivity index (χ2n) is 6.80. The number of rotatable bonds is 7. The molecule has 1 amide bonds. The van der Waals surface area contributed by atoms with Crippen LogP contribution in [-0.4, -0.2) is 38.1 Å². The van der Waals surface area contributed by atoms with Crippen LogP contribution in [0.25, 0.3) is 0 Å². The van der Waals surface area contributed by atoms with Crippen molar-refractivity contribution in [2.45, 2.75) is 52.3 Å². The molecule has 0 atom stereocenters. The molecule has 0 aliphatic rings. The second-order valence-corrected chi connectivity index (χ2v) is 6.80. The third-order valence-corrected chi connectivity index (χ3v) is 4.09. The highest BCUT2D eigenvalue weighted by atomic mass is 16.3. The first-order valence-electron chi connectivity index (χ1n) is 8.37. The second kappa shape index (κ2) is 7.62. The molecule has 24 heavy (non-hydrogen) atoms. The lowest BCUT2D eigenvalue weighted by atomic mass is 9.98. The van der Waals surface area contributed by atoms with E-state index >= 15 is 0 Å². The van der Waals surface area contributed by atoms with E-state index in [9.17, 15) is 9.90 Å². The zero-order valence-electron chi connectivity index (χ0n) is 15.0. The molecule has 5 nitrogen and oxygen atoms in total. The van der Waals surface area contributed by atoms with Crippen LogP contribution in [0.3, 0.4) is 0 Å². The minimum atomic E-state index is -0.671. The number of aliphatic hydroxyl groups is 1. The Hall–Kier alpha value is -2.14. The van der Waals surface area contributed by atoms with Gasteiger partial charge in [0.25, 0.3) is 5.91 Å². The fourth-order valence-electron chi connectivity index (χ4n) is 2.55. The SMILES string of the molecule is CCn1ccnc1CN(C)C(=O)c1ccc(CCC(C)(C)O)cc1. The molecular formula is C19H27N3O2. The summed E-state index contributed by atoms with van der Waals surface area (Å²) in [5.41, 5.74) is 1.12. The Kier molecular flexibility index (Phi) is 5.78. The zero-order chi connectivity index (χ0) is 17.7. The predicted molar refractivity (Wildman–Crippen MR) is 94.8 cm³/mol. The van der Waals surface area contributed by atoms with Crippen molar-refractivity contribution in [2.24, 2.45) is 0 Å². The van der Waals surface area contributed by atoms with Gasteiger partial charge < -0.3 is 14.6 Å². The van der Waals surface area contributed by atoms with Gasteiger partial charge in [0.1, 0.15) is 5.82 Å². The molecule has 1 aromatic carbocycles. The van der Waals surface area contributed by atoms with Crippen LogP contribution in [0.5, 0.6) is 0 Å². The highest BCUT2D eigenvalue weighted by molar-refractivity contribution is 5.94. The third kappa shape index (κ3) is 4.93. The summed E-state index contributed by atoms with van der Waals surface area (Å²) in [5.74, 6) is 0.866. The van der Waals surface area contributed by atoms with Gasteiger partial charge in [-0.25, -0.2) is 4.98 Å². The topological polar surface area (TPSA) is 58.4 Å². The monoisotopic (exact) mass is 329 g/mol. The summed E-state index contributed by atoms with van der Waals surface area (Å²) >= 11 is 0. The number of aromatic nitrogens is 2. The minimum Gasteiger partial charge on any atom is -0.390 e. The summed E-state index contributed by atoms with van der Waals surface area (Å²) in [6, 6.07) is 7.62. The van der Waals surface area contributed by atoms with Crippen molar-refractivity contribution in [2.75, 3.05) is 7.05 Å². The van der Waals surface area contributed by atoms with Gasteiger partial charge in [-0.1, -0.05) is 12.1 Å². The van der Waals surface area contributed by atoms with Gasteiger partial charge in [-0.2, -0.15) is 0 Å². The van der Waals surface area contributed by atoms with Crippen molar-refractivity contribution >= 4 is 5.91 Å². The Labute approximate surface area is 143 Å². The minimum absolute atomic E-state index is 0.0188. The summed E-state index contributed by atoms with van der Waals surface area (Å²) in [6.45, 7) is 6.99. The summed E-state index contributed by atoms with van der Waals surface area (Å²) in [5, 5.41) is 9.79. The summed E-state index contributed by atoms with van der Waals surface area (Å²) in [6.07, 6.45) is 5.17. The van der Waals surface area contributed by atoms with E-state index in [4.69, 9.17) is 0 Å². The quantitative estimate of drug-likeness (QED) is 0.850. The molecule has 0 saturated carbocycles. The maximum absolute atomic E-state index is 12.5. The van der Waals surface area contributed by atoms with E-state index in [1.807, 2.05) is 35.0 Å². The van der Waals surface area contributed by atoms with Crippen molar-refractivity contribution in [3.05, 3.63) is 53.6 Å². The highest BCUT2D eigenvalue weighted by Crippen LogP contribution is 2.15. The standard InChI is InChI=1S/C19H27N3O2/c1-5-22-13-12-20-17(22)14-21(4)18(23)16-8-6-15(7-9-16)10-11-19(2,3)24/h6-9,12-13,24H,5,10-11,14H2,1-4H3.